The Balaban J connectivity index is 2.53. The first-order chi connectivity index (χ1) is 7.81. The van der Waals surface area contributed by atoms with E-state index < -0.39 is 0 Å². The molecule has 3 heteroatoms. The average Bonchev–Trinajstić information content (AvgIpc) is 2.30. The number of ether oxygens (including phenoxy) is 1. The summed E-state index contributed by atoms with van der Waals surface area (Å²) in [5.74, 6) is 0. The topological polar surface area (TPSA) is 33.0 Å². The van der Waals surface area contributed by atoms with Gasteiger partial charge in [-0.05, 0) is 22.6 Å². The van der Waals surface area contributed by atoms with Crippen LogP contribution in [-0.4, -0.2) is 0 Å². The van der Waals surface area contributed by atoms with E-state index in [1.165, 1.54) is 0 Å². The molecule has 2 aromatic rings. The van der Waals surface area contributed by atoms with Crippen molar-refractivity contribution < 1.29 is 4.74 Å². The number of hydrogen-bond acceptors (Lipinski definition) is 2. The van der Waals surface area contributed by atoms with Gasteiger partial charge in [0.2, 0.25) is 0 Å². The van der Waals surface area contributed by atoms with Crippen molar-refractivity contribution in [2.75, 3.05) is 0 Å². The molecule has 0 bridgehead atoms. The van der Waals surface area contributed by atoms with Crippen LogP contribution in [0, 0.1) is 11.3 Å². The van der Waals surface area contributed by atoms with Gasteiger partial charge in [0.05, 0.1) is 23.8 Å². The fourth-order valence-electron chi connectivity index (χ4n) is 2.23. The first-order valence-corrected chi connectivity index (χ1v) is 5.40. The van der Waals surface area contributed by atoms with Crippen LogP contribution >= 0.6 is 11.6 Å². The first kappa shape index (κ1) is 9.65. The summed E-state index contributed by atoms with van der Waals surface area (Å²) in [6.07, 6.45) is 0. The van der Waals surface area contributed by atoms with Crippen LogP contribution in [0.3, 0.4) is 0 Å². The molecule has 0 fully saturated rings. The molecular weight excluding hydrogens is 222 g/mol. The Kier molecular flexibility index (Phi) is 2.10. The summed E-state index contributed by atoms with van der Waals surface area (Å²) in [5.41, 5.74) is 2.76. The molecule has 1 aliphatic heterocycles. The van der Waals surface area contributed by atoms with Crippen LogP contribution in [0.2, 0.25) is 5.02 Å². The fraction of sp³-hybridized carbons (Fsp3) is 0.154. The second-order valence-corrected chi connectivity index (χ2v) is 4.24. The smallest absolute Gasteiger partial charge is 0.101 e. The minimum atomic E-state index is 0.507. The number of hydrogen-bond donors (Lipinski definition) is 0. The van der Waals surface area contributed by atoms with Crippen LogP contribution in [0.15, 0.2) is 24.3 Å². The molecule has 0 atom stereocenters. The molecule has 0 amide bonds. The zero-order chi connectivity index (χ0) is 11.1. The Bertz CT molecular complexity index is 628. The van der Waals surface area contributed by atoms with Crippen LogP contribution in [0.4, 0.5) is 0 Å². The van der Waals surface area contributed by atoms with Crippen LogP contribution in [0.1, 0.15) is 16.7 Å². The highest BCUT2D eigenvalue weighted by atomic mass is 35.5. The van der Waals surface area contributed by atoms with Crippen molar-refractivity contribution in [2.24, 2.45) is 0 Å². The molecule has 2 aromatic carbocycles. The molecule has 16 heavy (non-hydrogen) atoms. The lowest BCUT2D eigenvalue weighted by atomic mass is 9.95. The van der Waals surface area contributed by atoms with E-state index >= 15 is 0 Å². The SMILES string of the molecule is N#Cc1c(Cl)cc2c3c(cccc13)COC2. The zero-order valence-corrected chi connectivity index (χ0v) is 9.21. The minimum absolute atomic E-state index is 0.507. The van der Waals surface area contributed by atoms with Gasteiger partial charge in [0.15, 0.2) is 0 Å². The van der Waals surface area contributed by atoms with E-state index in [-0.39, 0.29) is 0 Å². The summed E-state index contributed by atoms with van der Waals surface area (Å²) in [6.45, 7) is 1.18. The van der Waals surface area contributed by atoms with Gasteiger partial charge >= 0.3 is 0 Å². The molecule has 1 heterocycles. The van der Waals surface area contributed by atoms with Gasteiger partial charge in [0.1, 0.15) is 6.07 Å². The minimum Gasteiger partial charge on any atom is -0.372 e. The highest BCUT2D eigenvalue weighted by Gasteiger charge is 2.16. The molecule has 0 spiro atoms. The average molecular weight is 230 g/mol. The van der Waals surface area contributed by atoms with Crippen molar-refractivity contribution in [1.82, 2.24) is 0 Å². The molecule has 0 radical (unpaired) electrons. The summed E-state index contributed by atoms with van der Waals surface area (Å²) >= 11 is 6.09. The number of halogens is 1. The van der Waals surface area contributed by atoms with E-state index in [0.717, 1.165) is 21.9 Å². The van der Waals surface area contributed by atoms with Gasteiger partial charge in [0.25, 0.3) is 0 Å². The van der Waals surface area contributed by atoms with E-state index in [9.17, 15) is 0 Å². The molecule has 0 saturated heterocycles. The number of nitrogens with zero attached hydrogens (tertiary/aromatic N) is 1. The highest BCUT2D eigenvalue weighted by Crippen LogP contribution is 2.34. The van der Waals surface area contributed by atoms with E-state index in [2.05, 4.69) is 6.07 Å². The lowest BCUT2D eigenvalue weighted by molar-refractivity contribution is 0.103. The van der Waals surface area contributed by atoms with E-state index in [1.54, 1.807) is 0 Å². The van der Waals surface area contributed by atoms with Crippen molar-refractivity contribution in [3.05, 3.63) is 46.0 Å². The Morgan fingerprint density at radius 3 is 2.88 bits per heavy atom. The number of nitriles is 1. The van der Waals surface area contributed by atoms with Gasteiger partial charge in [-0.15, -0.1) is 0 Å². The van der Waals surface area contributed by atoms with Crippen LogP contribution < -0.4 is 0 Å². The standard InChI is InChI=1S/C13H8ClNO/c14-12-4-9-7-16-6-8-2-1-3-10(13(8)9)11(12)5-15/h1-4H,6-7H2. The maximum Gasteiger partial charge on any atom is 0.101 e. The predicted octanol–water partition coefficient (Wildman–Crippen LogP) is 3.40. The summed E-state index contributed by atoms with van der Waals surface area (Å²) in [7, 11) is 0. The Morgan fingerprint density at radius 2 is 2.06 bits per heavy atom. The summed E-state index contributed by atoms with van der Waals surface area (Å²) in [4.78, 5) is 0. The van der Waals surface area contributed by atoms with Gasteiger partial charge in [-0.2, -0.15) is 5.26 Å². The molecule has 0 unspecified atom stereocenters. The van der Waals surface area contributed by atoms with Crippen molar-refractivity contribution in [1.29, 1.82) is 5.26 Å². The molecule has 3 rings (SSSR count). The second kappa shape index (κ2) is 3.48. The highest BCUT2D eigenvalue weighted by molar-refractivity contribution is 6.33. The van der Waals surface area contributed by atoms with Gasteiger partial charge in [0, 0.05) is 5.39 Å². The first-order valence-electron chi connectivity index (χ1n) is 5.02. The predicted molar refractivity (Wildman–Crippen MR) is 62.2 cm³/mol. The third-order valence-corrected chi connectivity index (χ3v) is 3.21. The lowest BCUT2D eigenvalue weighted by Crippen LogP contribution is -2.04. The number of benzene rings is 2. The number of rotatable bonds is 0. The van der Waals surface area contributed by atoms with Crippen molar-refractivity contribution in [2.45, 2.75) is 13.2 Å². The Hall–Kier alpha value is -1.56. The monoisotopic (exact) mass is 229 g/mol. The van der Waals surface area contributed by atoms with Crippen molar-refractivity contribution in [3.8, 4) is 6.07 Å². The van der Waals surface area contributed by atoms with Crippen molar-refractivity contribution >= 4 is 22.4 Å². The quantitative estimate of drug-likeness (QED) is 0.694. The largest absolute Gasteiger partial charge is 0.372 e. The third-order valence-electron chi connectivity index (χ3n) is 2.91. The molecule has 0 saturated carbocycles. The van der Waals surface area contributed by atoms with Crippen molar-refractivity contribution in [3.63, 3.8) is 0 Å². The third kappa shape index (κ3) is 1.23. The normalized spacial score (nSPS) is 13.8. The molecule has 78 valence electrons. The van der Waals surface area contributed by atoms with Gasteiger partial charge in [-0.3, -0.25) is 0 Å². The summed E-state index contributed by atoms with van der Waals surface area (Å²) in [6, 6.07) is 9.91. The Labute approximate surface area is 98.0 Å². The molecular formula is C13H8ClNO. The lowest BCUT2D eigenvalue weighted by Gasteiger charge is -2.18. The molecule has 2 nitrogen and oxygen atoms in total. The summed E-state index contributed by atoms with van der Waals surface area (Å²) in [5, 5.41) is 11.7. The molecule has 0 N–H and O–H groups in total. The van der Waals surface area contributed by atoms with Gasteiger partial charge in [-0.25, -0.2) is 0 Å². The van der Waals surface area contributed by atoms with Gasteiger partial charge in [-0.1, -0.05) is 29.8 Å². The molecule has 0 aliphatic carbocycles. The summed E-state index contributed by atoms with van der Waals surface area (Å²) < 4.78 is 5.47. The Morgan fingerprint density at radius 1 is 1.25 bits per heavy atom. The second-order valence-electron chi connectivity index (χ2n) is 3.84. The van der Waals surface area contributed by atoms with E-state index in [0.29, 0.717) is 23.8 Å². The molecule has 0 aromatic heterocycles. The maximum absolute atomic E-state index is 9.12. The maximum atomic E-state index is 9.12. The van der Waals surface area contributed by atoms with Crippen LogP contribution in [0.5, 0.6) is 0 Å². The molecule has 1 aliphatic rings. The fourth-order valence-corrected chi connectivity index (χ4v) is 2.51. The van der Waals surface area contributed by atoms with E-state index in [4.69, 9.17) is 21.6 Å². The van der Waals surface area contributed by atoms with Crippen LogP contribution in [-0.2, 0) is 18.0 Å². The van der Waals surface area contributed by atoms with E-state index in [1.807, 2.05) is 24.3 Å². The zero-order valence-electron chi connectivity index (χ0n) is 8.46. The van der Waals surface area contributed by atoms with Gasteiger partial charge < -0.3 is 4.74 Å². The van der Waals surface area contributed by atoms with Crippen LogP contribution in [0.25, 0.3) is 10.8 Å².